The smallest absolute Gasteiger partial charge is 0.253 e. The number of halogens is 3. The maximum Gasteiger partial charge on any atom is 0.253 e. The third kappa shape index (κ3) is 7.27. The Kier molecular flexibility index (Phi) is 10.2. The number of amides is 2. The lowest BCUT2D eigenvalue weighted by Gasteiger charge is -2.40. The second-order valence-corrected chi connectivity index (χ2v) is 15.3. The number of nitrogens with one attached hydrogen (secondary N) is 1. The summed E-state index contributed by atoms with van der Waals surface area (Å²) in [6.45, 7) is 0.0669. The molecule has 4 aromatic rings. The van der Waals surface area contributed by atoms with Crippen LogP contribution in [0.15, 0.2) is 102 Å². The molecule has 1 saturated heterocycles. The first kappa shape index (κ1) is 34.7. The predicted octanol–water partition coefficient (Wildman–Crippen LogP) is 7.78. The van der Waals surface area contributed by atoms with Gasteiger partial charge in [-0.1, -0.05) is 54.1 Å². The van der Waals surface area contributed by atoms with Crippen LogP contribution in [0.1, 0.15) is 65.9 Å². The standard InChI is InChI=1S/C38H38ClF2N3O4S/c1-43(36(45)28-7-13-30(39)14-8-28)32-17-11-27(12-18-32)26-9-15-31(16-10-26)42-37(46)38(29-5-3-2-4-6-29)21-23-44(24-22-38)49(47,48)33-19-20-34(40)35(41)25-33/h2-10,13-16,19-20,25,27,32H,11-12,17-18,21-24H2,1H3,(H,42,46). The summed E-state index contributed by atoms with van der Waals surface area (Å²) < 4.78 is 55.2. The second-order valence-electron chi connectivity index (χ2n) is 12.9. The van der Waals surface area contributed by atoms with Gasteiger partial charge in [-0.15, -0.1) is 0 Å². The molecule has 0 spiro atoms. The fourth-order valence-corrected chi connectivity index (χ4v) is 8.73. The van der Waals surface area contributed by atoms with E-state index in [9.17, 15) is 26.8 Å². The average molecular weight is 706 g/mol. The van der Waals surface area contributed by atoms with E-state index in [1.165, 1.54) is 9.87 Å². The highest BCUT2D eigenvalue weighted by Crippen LogP contribution is 2.39. The van der Waals surface area contributed by atoms with Crippen LogP contribution in [0.5, 0.6) is 0 Å². The predicted molar refractivity (Wildman–Crippen MR) is 186 cm³/mol. The lowest BCUT2D eigenvalue weighted by Crippen LogP contribution is -2.50. The number of nitrogens with zero attached hydrogens (tertiary/aromatic N) is 2. The van der Waals surface area contributed by atoms with E-state index < -0.39 is 27.1 Å². The molecule has 2 fully saturated rings. The van der Waals surface area contributed by atoms with Crippen molar-refractivity contribution < 1.29 is 26.8 Å². The second kappa shape index (κ2) is 14.4. The van der Waals surface area contributed by atoms with Gasteiger partial charge in [-0.25, -0.2) is 17.2 Å². The maximum absolute atomic E-state index is 14.0. The molecule has 1 heterocycles. The minimum atomic E-state index is -4.09. The Morgan fingerprint density at radius 3 is 2.08 bits per heavy atom. The summed E-state index contributed by atoms with van der Waals surface area (Å²) >= 11 is 5.98. The van der Waals surface area contributed by atoms with Crippen LogP contribution in [-0.2, 0) is 20.2 Å². The zero-order chi connectivity index (χ0) is 34.8. The maximum atomic E-state index is 14.0. The van der Waals surface area contributed by atoms with E-state index in [2.05, 4.69) is 5.32 Å². The number of rotatable bonds is 8. The summed E-state index contributed by atoms with van der Waals surface area (Å²) in [4.78, 5) is 28.6. The monoisotopic (exact) mass is 705 g/mol. The summed E-state index contributed by atoms with van der Waals surface area (Å²) in [5, 5.41) is 3.68. The van der Waals surface area contributed by atoms with Crippen molar-refractivity contribution in [3.05, 3.63) is 130 Å². The first-order valence-electron chi connectivity index (χ1n) is 16.4. The molecule has 6 rings (SSSR count). The molecule has 1 aliphatic carbocycles. The Labute approximate surface area is 290 Å². The SMILES string of the molecule is CN(C(=O)c1ccc(Cl)cc1)C1CCC(c2ccc(NC(=O)C3(c4ccccc4)CCN(S(=O)(=O)c4ccc(F)c(F)c4)CC3)cc2)CC1. The largest absolute Gasteiger partial charge is 0.339 e. The van der Waals surface area contributed by atoms with Gasteiger partial charge in [0.05, 0.1) is 10.3 Å². The van der Waals surface area contributed by atoms with Crippen LogP contribution in [0.25, 0.3) is 0 Å². The summed E-state index contributed by atoms with van der Waals surface area (Å²) in [7, 11) is -2.23. The van der Waals surface area contributed by atoms with Gasteiger partial charge in [-0.05, 0) is 110 Å². The normalized spacial score (nSPS) is 19.6. The van der Waals surface area contributed by atoms with E-state index >= 15 is 0 Å². The van der Waals surface area contributed by atoms with Crippen LogP contribution in [0.2, 0.25) is 5.02 Å². The number of piperidine rings is 1. The van der Waals surface area contributed by atoms with Crippen LogP contribution >= 0.6 is 11.6 Å². The first-order valence-corrected chi connectivity index (χ1v) is 18.2. The molecule has 4 aromatic carbocycles. The van der Waals surface area contributed by atoms with Crippen molar-refractivity contribution in [1.29, 1.82) is 0 Å². The Balaban J connectivity index is 1.10. The fourth-order valence-electron chi connectivity index (χ4n) is 7.15. The van der Waals surface area contributed by atoms with E-state index in [0.717, 1.165) is 43.4 Å². The lowest BCUT2D eigenvalue weighted by molar-refractivity contribution is -0.123. The van der Waals surface area contributed by atoms with Gasteiger partial charge in [0.2, 0.25) is 15.9 Å². The molecule has 0 aromatic heterocycles. The van der Waals surface area contributed by atoms with Crippen LogP contribution in [0.4, 0.5) is 14.5 Å². The molecule has 256 valence electrons. The molecular formula is C38H38ClF2N3O4S. The minimum Gasteiger partial charge on any atom is -0.339 e. The molecule has 2 aliphatic rings. The lowest BCUT2D eigenvalue weighted by atomic mass is 9.72. The summed E-state index contributed by atoms with van der Waals surface area (Å²) in [6.07, 6.45) is 4.08. The minimum absolute atomic E-state index is 0.0101. The van der Waals surface area contributed by atoms with Crippen molar-refractivity contribution in [1.82, 2.24) is 9.21 Å². The molecular weight excluding hydrogens is 668 g/mol. The molecule has 49 heavy (non-hydrogen) atoms. The molecule has 11 heteroatoms. The number of hydrogen-bond acceptors (Lipinski definition) is 4. The van der Waals surface area contributed by atoms with E-state index in [1.807, 2.05) is 66.5 Å². The highest BCUT2D eigenvalue weighted by molar-refractivity contribution is 7.89. The summed E-state index contributed by atoms with van der Waals surface area (Å²) in [5.74, 6) is -2.25. The summed E-state index contributed by atoms with van der Waals surface area (Å²) in [6, 6.07) is 26.8. The van der Waals surface area contributed by atoms with Crippen LogP contribution in [0.3, 0.4) is 0 Å². The van der Waals surface area contributed by atoms with E-state index in [-0.39, 0.29) is 48.7 Å². The molecule has 1 saturated carbocycles. The van der Waals surface area contributed by atoms with Crippen molar-refractivity contribution >= 4 is 39.1 Å². The van der Waals surface area contributed by atoms with Gasteiger partial charge in [0.1, 0.15) is 0 Å². The highest BCUT2D eigenvalue weighted by Gasteiger charge is 2.45. The highest BCUT2D eigenvalue weighted by atomic mass is 35.5. The molecule has 7 nitrogen and oxygen atoms in total. The Bertz CT molecular complexity index is 1910. The quantitative estimate of drug-likeness (QED) is 0.203. The van der Waals surface area contributed by atoms with E-state index in [4.69, 9.17) is 11.6 Å². The molecule has 0 radical (unpaired) electrons. The van der Waals surface area contributed by atoms with Gasteiger partial charge < -0.3 is 10.2 Å². The number of benzene rings is 4. The van der Waals surface area contributed by atoms with Crippen LogP contribution < -0.4 is 5.32 Å². The molecule has 1 aliphatic heterocycles. The third-order valence-corrected chi connectivity index (χ3v) is 12.3. The van der Waals surface area contributed by atoms with Crippen LogP contribution in [0, 0.1) is 11.6 Å². The van der Waals surface area contributed by atoms with Gasteiger partial charge in [0.25, 0.3) is 5.91 Å². The van der Waals surface area contributed by atoms with Crippen LogP contribution in [-0.4, -0.2) is 55.6 Å². The Hall–Kier alpha value is -4.12. The molecule has 0 bridgehead atoms. The number of anilines is 1. The molecule has 0 atom stereocenters. The van der Waals surface area contributed by atoms with Gasteiger partial charge >= 0.3 is 0 Å². The van der Waals surface area contributed by atoms with E-state index in [1.54, 1.807) is 24.3 Å². The van der Waals surface area contributed by atoms with E-state index in [0.29, 0.717) is 28.3 Å². The van der Waals surface area contributed by atoms with Gasteiger partial charge in [-0.2, -0.15) is 4.31 Å². The van der Waals surface area contributed by atoms with Crippen molar-refractivity contribution in [3.63, 3.8) is 0 Å². The van der Waals surface area contributed by atoms with Gasteiger partial charge in [-0.3, -0.25) is 9.59 Å². The van der Waals surface area contributed by atoms with Crippen molar-refractivity contribution in [2.75, 3.05) is 25.5 Å². The third-order valence-electron chi connectivity index (χ3n) is 10.2. The molecule has 2 amide bonds. The fraction of sp³-hybridized carbons (Fsp3) is 0.316. The number of hydrogen-bond donors (Lipinski definition) is 1. The average Bonchev–Trinajstić information content (AvgIpc) is 3.13. The topological polar surface area (TPSA) is 86.8 Å². The zero-order valence-corrected chi connectivity index (χ0v) is 28.7. The van der Waals surface area contributed by atoms with Crippen molar-refractivity contribution in [2.24, 2.45) is 0 Å². The molecule has 0 unspecified atom stereocenters. The Morgan fingerprint density at radius 2 is 1.47 bits per heavy atom. The van der Waals surface area contributed by atoms with Gasteiger partial charge in [0.15, 0.2) is 11.6 Å². The first-order chi connectivity index (χ1) is 23.5. The van der Waals surface area contributed by atoms with Crippen molar-refractivity contribution in [3.8, 4) is 0 Å². The number of sulfonamides is 1. The number of carbonyl (C=O) groups excluding carboxylic acids is 2. The summed E-state index contributed by atoms with van der Waals surface area (Å²) in [5.41, 5.74) is 2.23. The zero-order valence-electron chi connectivity index (χ0n) is 27.1. The van der Waals surface area contributed by atoms with Gasteiger partial charge in [0, 0.05) is 42.5 Å². The molecule has 1 N–H and O–H groups in total. The Morgan fingerprint density at radius 1 is 0.837 bits per heavy atom. The van der Waals surface area contributed by atoms with Crippen molar-refractivity contribution in [2.45, 2.75) is 60.8 Å². The number of carbonyl (C=O) groups is 2.